The third-order valence-electron chi connectivity index (χ3n) is 4.28. The number of aromatic hydroxyl groups is 1. The van der Waals surface area contributed by atoms with Crippen LogP contribution in [0.15, 0.2) is 60.7 Å². The molecule has 0 aliphatic heterocycles. The van der Waals surface area contributed by atoms with Crippen molar-refractivity contribution in [1.29, 1.82) is 0 Å². The molecule has 0 aliphatic carbocycles. The molecule has 0 saturated carbocycles. The average Bonchev–Trinajstić information content (AvgIpc) is 2.63. The second-order valence-electron chi connectivity index (χ2n) is 7.45. The van der Waals surface area contributed by atoms with E-state index in [0.717, 1.165) is 27.6 Å². The van der Waals surface area contributed by atoms with Gasteiger partial charge in [0.15, 0.2) is 0 Å². The maximum Gasteiger partial charge on any atom is 0.129 e. The molecule has 0 amide bonds. The van der Waals surface area contributed by atoms with Gasteiger partial charge in [-0.2, -0.15) is 0 Å². The fourth-order valence-electron chi connectivity index (χ4n) is 2.99. The molecule has 0 fully saturated rings. The monoisotopic (exact) mass is 360 g/mol. The van der Waals surface area contributed by atoms with Crippen LogP contribution in [-0.4, -0.2) is 20.3 Å². The predicted molar refractivity (Wildman–Crippen MR) is 112 cm³/mol. The molecule has 0 spiro atoms. The fourth-order valence-corrected chi connectivity index (χ4v) is 3.57. The van der Waals surface area contributed by atoms with Crippen LogP contribution < -0.4 is 4.74 Å². The molecule has 3 heteroatoms. The van der Waals surface area contributed by atoms with Gasteiger partial charge in [-0.25, -0.2) is 0 Å². The third-order valence-corrected chi connectivity index (χ3v) is 5.17. The van der Waals surface area contributed by atoms with Crippen molar-refractivity contribution in [2.24, 2.45) is 0 Å². The highest BCUT2D eigenvalue weighted by atomic mass is 28.3. The Hall–Kier alpha value is -2.70. The Morgan fingerprint density at radius 3 is 2.27 bits per heavy atom. The van der Waals surface area contributed by atoms with E-state index in [1.165, 1.54) is 0 Å². The van der Waals surface area contributed by atoms with Gasteiger partial charge in [0.25, 0.3) is 0 Å². The largest absolute Gasteiger partial charge is 0.508 e. The minimum absolute atomic E-state index is 0.182. The van der Waals surface area contributed by atoms with Gasteiger partial charge in [0.05, 0.1) is 13.0 Å². The lowest BCUT2D eigenvalue weighted by molar-refractivity contribution is 0.414. The number of phenolic OH excluding ortho intramolecular Hbond substituents is 1. The summed E-state index contributed by atoms with van der Waals surface area (Å²) in [6, 6.07) is 19.8. The molecule has 1 unspecified atom stereocenters. The van der Waals surface area contributed by atoms with Gasteiger partial charge in [0.1, 0.15) is 19.6 Å². The average molecular weight is 361 g/mol. The summed E-state index contributed by atoms with van der Waals surface area (Å²) < 4.78 is 5.28. The van der Waals surface area contributed by atoms with Crippen LogP contribution in [0.5, 0.6) is 11.5 Å². The highest BCUT2D eigenvalue weighted by Gasteiger charge is 2.20. The maximum absolute atomic E-state index is 10.7. The predicted octanol–water partition coefficient (Wildman–Crippen LogP) is 5.57. The van der Waals surface area contributed by atoms with E-state index in [4.69, 9.17) is 4.74 Å². The molecular formula is C23H24O2Si. The number of hydrogen-bond acceptors (Lipinski definition) is 2. The molecular weight excluding hydrogens is 336 g/mol. The second-order valence-corrected chi connectivity index (χ2v) is 12.2. The fraction of sp³-hybridized carbons (Fsp3) is 0.217. The van der Waals surface area contributed by atoms with E-state index < -0.39 is 8.07 Å². The zero-order chi connectivity index (χ0) is 18.7. The zero-order valence-electron chi connectivity index (χ0n) is 15.7. The summed E-state index contributed by atoms with van der Waals surface area (Å²) in [7, 11) is 0.105. The topological polar surface area (TPSA) is 29.5 Å². The Bertz CT molecular complexity index is 973. The van der Waals surface area contributed by atoms with Gasteiger partial charge < -0.3 is 9.84 Å². The smallest absolute Gasteiger partial charge is 0.129 e. The van der Waals surface area contributed by atoms with E-state index in [1.54, 1.807) is 13.2 Å². The van der Waals surface area contributed by atoms with Gasteiger partial charge in [-0.15, -0.1) is 5.54 Å². The molecule has 0 bridgehead atoms. The summed E-state index contributed by atoms with van der Waals surface area (Å²) in [5, 5.41) is 12.8. The maximum atomic E-state index is 10.7. The van der Waals surface area contributed by atoms with Crippen LogP contribution in [0.4, 0.5) is 0 Å². The Kier molecular flexibility index (Phi) is 5.06. The molecule has 0 aliphatic rings. The highest BCUT2D eigenvalue weighted by Crippen LogP contribution is 2.37. The molecule has 0 aromatic heterocycles. The van der Waals surface area contributed by atoms with Gasteiger partial charge in [-0.1, -0.05) is 68.0 Å². The molecule has 0 saturated heterocycles. The van der Waals surface area contributed by atoms with Crippen LogP contribution >= 0.6 is 0 Å². The normalized spacial score (nSPS) is 12.3. The van der Waals surface area contributed by atoms with E-state index in [0.29, 0.717) is 0 Å². The minimum atomic E-state index is -1.56. The van der Waals surface area contributed by atoms with Crippen molar-refractivity contribution in [3.63, 3.8) is 0 Å². The molecule has 1 atom stereocenters. The van der Waals surface area contributed by atoms with Gasteiger partial charge in [-0.3, -0.25) is 0 Å². The summed E-state index contributed by atoms with van der Waals surface area (Å²) in [6.07, 6.45) is 0. The van der Waals surface area contributed by atoms with Crippen molar-refractivity contribution in [1.82, 2.24) is 0 Å². The number of rotatable bonds is 3. The van der Waals surface area contributed by atoms with E-state index in [1.807, 2.05) is 42.5 Å². The van der Waals surface area contributed by atoms with E-state index in [2.05, 4.69) is 43.2 Å². The van der Waals surface area contributed by atoms with Crippen molar-refractivity contribution in [3.8, 4) is 23.0 Å². The Morgan fingerprint density at radius 1 is 0.923 bits per heavy atom. The first-order chi connectivity index (χ1) is 12.4. The van der Waals surface area contributed by atoms with Crippen molar-refractivity contribution in [2.75, 3.05) is 7.11 Å². The first kappa shape index (κ1) is 18.1. The lowest BCUT2D eigenvalue weighted by atomic mass is 9.87. The minimum Gasteiger partial charge on any atom is -0.508 e. The molecule has 0 radical (unpaired) electrons. The van der Waals surface area contributed by atoms with Gasteiger partial charge in [-0.05, 0) is 34.5 Å². The van der Waals surface area contributed by atoms with Crippen LogP contribution in [-0.2, 0) is 0 Å². The van der Waals surface area contributed by atoms with Gasteiger partial charge >= 0.3 is 0 Å². The summed E-state index contributed by atoms with van der Waals surface area (Å²) in [5.41, 5.74) is 5.42. The molecule has 132 valence electrons. The Balaban J connectivity index is 2.23. The molecule has 0 heterocycles. The lowest BCUT2D eigenvalue weighted by Crippen LogP contribution is -2.17. The number of methoxy groups -OCH3 is 1. The van der Waals surface area contributed by atoms with Crippen LogP contribution in [0.25, 0.3) is 10.8 Å². The summed E-state index contributed by atoms with van der Waals surface area (Å²) >= 11 is 0. The van der Waals surface area contributed by atoms with Crippen molar-refractivity contribution >= 4 is 18.8 Å². The first-order valence-electron chi connectivity index (χ1n) is 8.76. The highest BCUT2D eigenvalue weighted by molar-refractivity contribution is 6.83. The van der Waals surface area contributed by atoms with Crippen molar-refractivity contribution in [3.05, 3.63) is 71.8 Å². The van der Waals surface area contributed by atoms with E-state index in [-0.39, 0.29) is 11.7 Å². The Morgan fingerprint density at radius 2 is 1.62 bits per heavy atom. The van der Waals surface area contributed by atoms with Crippen LogP contribution in [0, 0.1) is 11.5 Å². The van der Waals surface area contributed by atoms with Crippen molar-refractivity contribution in [2.45, 2.75) is 25.6 Å². The quantitative estimate of drug-likeness (QED) is 0.489. The summed E-state index contributed by atoms with van der Waals surface area (Å²) in [6.45, 7) is 6.69. The Labute approximate surface area is 156 Å². The third kappa shape index (κ3) is 3.92. The van der Waals surface area contributed by atoms with E-state index >= 15 is 0 Å². The summed E-state index contributed by atoms with van der Waals surface area (Å²) in [4.78, 5) is 0. The molecule has 3 aromatic rings. The SMILES string of the molecule is COc1ccc(C(C#C[Si](C)(C)C)c2c(O)ccc3ccccc23)cc1. The lowest BCUT2D eigenvalue weighted by Gasteiger charge is -2.18. The van der Waals surface area contributed by atoms with E-state index in [9.17, 15) is 5.11 Å². The number of hydrogen-bond donors (Lipinski definition) is 1. The number of fused-ring (bicyclic) bond motifs is 1. The first-order valence-corrected chi connectivity index (χ1v) is 12.3. The molecule has 1 N–H and O–H groups in total. The number of ether oxygens (including phenoxy) is 1. The number of benzene rings is 3. The molecule has 3 rings (SSSR count). The van der Waals surface area contributed by atoms with Gasteiger partial charge in [0.2, 0.25) is 0 Å². The summed E-state index contributed by atoms with van der Waals surface area (Å²) in [5.74, 6) is 4.39. The van der Waals surface area contributed by atoms with Crippen molar-refractivity contribution < 1.29 is 9.84 Å². The number of phenols is 1. The zero-order valence-corrected chi connectivity index (χ0v) is 16.7. The molecule has 26 heavy (non-hydrogen) atoms. The molecule has 2 nitrogen and oxygen atoms in total. The molecule has 3 aromatic carbocycles. The second kappa shape index (κ2) is 7.27. The van der Waals surface area contributed by atoms with Crippen LogP contribution in [0.2, 0.25) is 19.6 Å². The van der Waals surface area contributed by atoms with Gasteiger partial charge in [0, 0.05) is 5.56 Å². The van der Waals surface area contributed by atoms with Crippen LogP contribution in [0.3, 0.4) is 0 Å². The van der Waals surface area contributed by atoms with Crippen LogP contribution in [0.1, 0.15) is 17.0 Å². The standard InChI is InChI=1S/C23H24O2Si/c1-25-19-12-9-18(10-13-19)21(15-16-26(2,3)4)23-20-8-6-5-7-17(20)11-14-22(23)24/h5-14,21,24H,1-4H3.